The monoisotopic (exact) mass is 376 g/mol. The van der Waals surface area contributed by atoms with Gasteiger partial charge in [-0.05, 0) is 12.1 Å². The van der Waals surface area contributed by atoms with Gasteiger partial charge in [0.25, 0.3) is 5.91 Å². The molecule has 4 heterocycles. The van der Waals surface area contributed by atoms with Crippen LogP contribution < -0.4 is 4.90 Å². The van der Waals surface area contributed by atoms with Crippen LogP contribution in [0.1, 0.15) is 15.9 Å². The Kier molecular flexibility index (Phi) is 4.17. The average Bonchev–Trinajstić information content (AvgIpc) is 3.11. The molecule has 1 fully saturated rings. The molecule has 140 valence electrons. The number of alkyl halides is 3. The molecule has 0 aliphatic carbocycles. The van der Waals surface area contributed by atoms with Crippen molar-refractivity contribution in [3.05, 3.63) is 48.0 Å². The molecule has 0 unspecified atom stereocenters. The number of hydrogen-bond donors (Lipinski definition) is 1. The van der Waals surface area contributed by atoms with E-state index in [1.54, 1.807) is 28.3 Å². The summed E-state index contributed by atoms with van der Waals surface area (Å²) in [6.07, 6.45) is 0.365. The number of pyridine rings is 1. The summed E-state index contributed by atoms with van der Waals surface area (Å²) in [6.45, 7) is 1.71. The lowest BCUT2D eigenvalue weighted by molar-refractivity contribution is -0.138. The maximum absolute atomic E-state index is 12.8. The maximum atomic E-state index is 12.8. The first-order valence-electron chi connectivity index (χ1n) is 8.29. The van der Waals surface area contributed by atoms with Gasteiger partial charge in [0.15, 0.2) is 0 Å². The second-order valence-corrected chi connectivity index (χ2v) is 6.15. The summed E-state index contributed by atoms with van der Waals surface area (Å²) in [6, 6.07) is 3.63. The highest BCUT2D eigenvalue weighted by molar-refractivity contribution is 6.05. The fourth-order valence-corrected chi connectivity index (χ4v) is 3.03. The number of carbonyl (C=O) groups excluding carboxylic acids is 1. The highest BCUT2D eigenvalue weighted by Crippen LogP contribution is 2.28. The van der Waals surface area contributed by atoms with Crippen LogP contribution in [0.4, 0.5) is 19.1 Å². The number of hydrogen-bond acceptors (Lipinski definition) is 5. The molecule has 0 bridgehead atoms. The van der Waals surface area contributed by atoms with Crippen molar-refractivity contribution in [2.45, 2.75) is 6.18 Å². The van der Waals surface area contributed by atoms with E-state index in [0.717, 1.165) is 17.9 Å². The third-order valence-electron chi connectivity index (χ3n) is 4.48. The maximum Gasteiger partial charge on any atom is 0.419 e. The number of aromatic amines is 1. The van der Waals surface area contributed by atoms with Crippen LogP contribution in [0.3, 0.4) is 0 Å². The van der Waals surface area contributed by atoms with E-state index >= 15 is 0 Å². The molecule has 0 atom stereocenters. The third kappa shape index (κ3) is 3.29. The van der Waals surface area contributed by atoms with Crippen molar-refractivity contribution in [1.82, 2.24) is 24.8 Å². The summed E-state index contributed by atoms with van der Waals surface area (Å²) in [4.78, 5) is 31.1. The summed E-state index contributed by atoms with van der Waals surface area (Å²) in [5.41, 5.74) is 1.03. The van der Waals surface area contributed by atoms with Crippen LogP contribution in [0.25, 0.3) is 11.0 Å². The molecule has 0 aromatic carbocycles. The van der Waals surface area contributed by atoms with Gasteiger partial charge >= 0.3 is 6.18 Å². The second-order valence-electron chi connectivity index (χ2n) is 6.15. The average molecular weight is 376 g/mol. The largest absolute Gasteiger partial charge is 0.419 e. The molecule has 1 aliphatic rings. The molecule has 7 nitrogen and oxygen atoms in total. The van der Waals surface area contributed by atoms with Gasteiger partial charge in [-0.1, -0.05) is 0 Å². The van der Waals surface area contributed by atoms with Gasteiger partial charge in [0.1, 0.15) is 5.52 Å². The molecule has 1 aliphatic heterocycles. The lowest BCUT2D eigenvalue weighted by Crippen LogP contribution is -2.49. The first-order valence-corrected chi connectivity index (χ1v) is 8.29. The number of H-pyrrole nitrogens is 1. The Hall–Kier alpha value is -3.17. The number of amides is 1. The number of aromatic nitrogens is 4. The Morgan fingerprint density at radius 3 is 2.44 bits per heavy atom. The normalized spacial score (nSPS) is 15.4. The number of carbonyl (C=O) groups is 1. The van der Waals surface area contributed by atoms with Crippen LogP contribution in [0.2, 0.25) is 0 Å². The van der Waals surface area contributed by atoms with Crippen molar-refractivity contribution >= 4 is 22.9 Å². The van der Waals surface area contributed by atoms with E-state index in [9.17, 15) is 18.0 Å². The van der Waals surface area contributed by atoms with E-state index in [1.165, 1.54) is 0 Å². The summed E-state index contributed by atoms with van der Waals surface area (Å²) in [5, 5.41) is 0. The molecular weight excluding hydrogens is 361 g/mol. The summed E-state index contributed by atoms with van der Waals surface area (Å²) >= 11 is 0. The predicted octanol–water partition coefficient (Wildman–Crippen LogP) is 2.33. The lowest BCUT2D eigenvalue weighted by atomic mass is 10.2. The van der Waals surface area contributed by atoms with Gasteiger partial charge in [-0.3, -0.25) is 9.78 Å². The van der Waals surface area contributed by atoms with Crippen molar-refractivity contribution in [2.24, 2.45) is 0 Å². The Bertz CT molecular complexity index is 961. The molecular formula is C17H15F3N6O. The Labute approximate surface area is 151 Å². The topological polar surface area (TPSA) is 78.0 Å². The fourth-order valence-electron chi connectivity index (χ4n) is 3.03. The second kappa shape index (κ2) is 6.53. The first kappa shape index (κ1) is 17.3. The van der Waals surface area contributed by atoms with E-state index in [-0.39, 0.29) is 11.9 Å². The van der Waals surface area contributed by atoms with E-state index in [2.05, 4.69) is 19.9 Å². The minimum absolute atomic E-state index is 0.132. The number of rotatable bonds is 2. The van der Waals surface area contributed by atoms with Gasteiger partial charge in [-0.25, -0.2) is 9.97 Å². The summed E-state index contributed by atoms with van der Waals surface area (Å²) < 4.78 is 37.8. The van der Waals surface area contributed by atoms with Gasteiger partial charge in [-0.15, -0.1) is 0 Å². The van der Waals surface area contributed by atoms with Crippen molar-refractivity contribution < 1.29 is 18.0 Å². The van der Waals surface area contributed by atoms with Crippen LogP contribution >= 0.6 is 0 Å². The minimum atomic E-state index is -4.46. The van der Waals surface area contributed by atoms with Crippen LogP contribution in [0, 0.1) is 0 Å². The zero-order valence-corrected chi connectivity index (χ0v) is 14.1. The smallest absolute Gasteiger partial charge is 0.359 e. The first-order chi connectivity index (χ1) is 12.9. The van der Waals surface area contributed by atoms with E-state index in [1.807, 2.05) is 6.07 Å². The highest BCUT2D eigenvalue weighted by Gasteiger charge is 2.32. The molecule has 27 heavy (non-hydrogen) atoms. The molecule has 1 saturated heterocycles. The molecule has 3 aromatic rings. The van der Waals surface area contributed by atoms with E-state index in [4.69, 9.17) is 0 Å². The molecule has 1 amide bonds. The Balaban J connectivity index is 1.43. The number of piperazine rings is 1. The van der Waals surface area contributed by atoms with Crippen LogP contribution in [-0.2, 0) is 6.18 Å². The van der Waals surface area contributed by atoms with E-state index in [0.29, 0.717) is 37.3 Å². The van der Waals surface area contributed by atoms with Gasteiger partial charge in [0.2, 0.25) is 5.95 Å². The van der Waals surface area contributed by atoms with Crippen molar-refractivity contribution in [3.8, 4) is 0 Å². The molecule has 10 heteroatoms. The van der Waals surface area contributed by atoms with Gasteiger partial charge in [0.05, 0.1) is 16.6 Å². The SMILES string of the molecule is O=C(c1c[nH]c2cccnc12)N1CCN(c2ncc(C(F)(F)F)cn2)CC1. The van der Waals surface area contributed by atoms with Crippen LogP contribution in [-0.4, -0.2) is 56.9 Å². The molecule has 4 rings (SSSR count). The van der Waals surface area contributed by atoms with Crippen LogP contribution in [0.5, 0.6) is 0 Å². The van der Waals surface area contributed by atoms with Crippen LogP contribution in [0.15, 0.2) is 36.9 Å². The number of anilines is 1. The molecule has 1 N–H and O–H groups in total. The summed E-state index contributed by atoms with van der Waals surface area (Å²) in [5.74, 6) is 0.0943. The summed E-state index contributed by atoms with van der Waals surface area (Å²) in [7, 11) is 0. The van der Waals surface area contributed by atoms with E-state index < -0.39 is 11.7 Å². The molecule has 0 spiro atoms. The standard InChI is InChI=1S/C17H15F3N6O/c18-17(19,20)11-8-23-16(24-9-11)26-6-4-25(5-7-26)15(27)12-10-22-13-2-1-3-21-14(12)13/h1-3,8-10,22H,4-7H2. The predicted molar refractivity (Wildman–Crippen MR) is 91.2 cm³/mol. The zero-order chi connectivity index (χ0) is 19.0. The quantitative estimate of drug-likeness (QED) is 0.743. The van der Waals surface area contributed by atoms with Crippen molar-refractivity contribution in [2.75, 3.05) is 31.1 Å². The molecule has 3 aromatic heterocycles. The number of halogens is 3. The van der Waals surface area contributed by atoms with Gasteiger partial charge < -0.3 is 14.8 Å². The third-order valence-corrected chi connectivity index (χ3v) is 4.48. The molecule has 0 radical (unpaired) electrons. The zero-order valence-electron chi connectivity index (χ0n) is 14.1. The number of nitrogens with zero attached hydrogens (tertiary/aromatic N) is 5. The van der Waals surface area contributed by atoms with Crippen molar-refractivity contribution in [3.63, 3.8) is 0 Å². The van der Waals surface area contributed by atoms with Crippen molar-refractivity contribution in [1.29, 1.82) is 0 Å². The Morgan fingerprint density at radius 2 is 1.78 bits per heavy atom. The number of fused-ring (bicyclic) bond motifs is 1. The Morgan fingerprint density at radius 1 is 1.07 bits per heavy atom. The minimum Gasteiger partial charge on any atom is -0.359 e. The van der Waals surface area contributed by atoms with Gasteiger partial charge in [-0.2, -0.15) is 13.2 Å². The lowest BCUT2D eigenvalue weighted by Gasteiger charge is -2.34. The molecule has 0 saturated carbocycles. The highest BCUT2D eigenvalue weighted by atomic mass is 19.4. The van der Waals surface area contributed by atoms with Gasteiger partial charge in [0, 0.05) is 51.0 Å². The fraction of sp³-hybridized carbons (Fsp3) is 0.294. The number of nitrogens with one attached hydrogen (secondary N) is 1.